The van der Waals surface area contributed by atoms with Crippen LogP contribution >= 0.6 is 11.3 Å². The zero-order chi connectivity index (χ0) is 19.1. The number of fused-ring (bicyclic) bond motifs is 3. The van der Waals surface area contributed by atoms with Crippen molar-refractivity contribution < 1.29 is 4.79 Å². The summed E-state index contributed by atoms with van der Waals surface area (Å²) >= 11 is 1.81. The second kappa shape index (κ2) is 7.00. The van der Waals surface area contributed by atoms with E-state index in [1.54, 1.807) is 6.20 Å². The maximum absolute atomic E-state index is 12.9. The Kier molecular flexibility index (Phi) is 4.34. The van der Waals surface area contributed by atoms with Gasteiger partial charge >= 0.3 is 0 Å². The number of thiophene rings is 1. The molecule has 1 saturated heterocycles. The molecule has 5 heteroatoms. The van der Waals surface area contributed by atoms with E-state index in [-0.39, 0.29) is 5.91 Å². The summed E-state index contributed by atoms with van der Waals surface area (Å²) in [5.74, 6) is 0.0961. The first-order valence-electron chi connectivity index (χ1n) is 9.54. The Labute approximate surface area is 168 Å². The number of rotatable bonds is 2. The van der Waals surface area contributed by atoms with Gasteiger partial charge in [-0.3, -0.25) is 9.78 Å². The Balaban J connectivity index is 1.50. The number of carbonyl (C=O) groups excluding carboxylic acids is 1. The van der Waals surface area contributed by atoms with Crippen LogP contribution in [0.5, 0.6) is 0 Å². The Morgan fingerprint density at radius 2 is 1.71 bits per heavy atom. The average Bonchev–Trinajstić information content (AvgIpc) is 3.12. The van der Waals surface area contributed by atoms with Crippen LogP contribution < -0.4 is 0 Å². The molecule has 0 N–H and O–H groups in total. The number of likely N-dealkylation sites (N-methyl/N-ethyl adjacent to an activating group) is 1. The number of carbonyl (C=O) groups is 1. The molecule has 1 aliphatic heterocycles. The van der Waals surface area contributed by atoms with Crippen molar-refractivity contribution in [1.29, 1.82) is 0 Å². The molecule has 1 aliphatic rings. The fraction of sp³-hybridized carbons (Fsp3) is 0.217. The molecule has 4 aromatic rings. The molecule has 1 amide bonds. The van der Waals surface area contributed by atoms with E-state index in [0.717, 1.165) is 37.4 Å². The average molecular weight is 388 g/mol. The van der Waals surface area contributed by atoms with Crippen molar-refractivity contribution in [2.24, 2.45) is 0 Å². The Morgan fingerprint density at radius 1 is 0.929 bits per heavy atom. The molecule has 0 atom stereocenters. The van der Waals surface area contributed by atoms with E-state index < -0.39 is 0 Å². The van der Waals surface area contributed by atoms with E-state index in [2.05, 4.69) is 59.4 Å². The van der Waals surface area contributed by atoms with Crippen LogP contribution in [0.25, 0.3) is 31.4 Å². The van der Waals surface area contributed by atoms with Gasteiger partial charge in [-0.25, -0.2) is 0 Å². The van der Waals surface area contributed by atoms with Crippen molar-refractivity contribution in [2.75, 3.05) is 33.2 Å². The van der Waals surface area contributed by atoms with Crippen LogP contribution in [0.2, 0.25) is 0 Å². The van der Waals surface area contributed by atoms with Crippen molar-refractivity contribution >= 4 is 37.4 Å². The third-order valence-corrected chi connectivity index (χ3v) is 6.62. The minimum absolute atomic E-state index is 0.0961. The summed E-state index contributed by atoms with van der Waals surface area (Å²) in [5, 5.41) is 2.52. The van der Waals surface area contributed by atoms with Crippen LogP contribution in [0.4, 0.5) is 0 Å². The standard InChI is InChI=1S/C23H21N3OS/c1-25-10-12-26(13-11-25)23(27)17-8-9-24-20(15-17)16-6-7-22-19(14-16)18-4-2-3-5-21(18)28-22/h2-9,14-15H,10-13H2,1H3. The molecule has 0 aliphatic carbocycles. The highest BCUT2D eigenvalue weighted by molar-refractivity contribution is 7.25. The lowest BCUT2D eigenvalue weighted by Gasteiger charge is -2.32. The molecule has 2 aromatic heterocycles. The molecule has 140 valence electrons. The second-order valence-corrected chi connectivity index (χ2v) is 8.42. The highest BCUT2D eigenvalue weighted by Crippen LogP contribution is 2.35. The lowest BCUT2D eigenvalue weighted by Crippen LogP contribution is -2.47. The lowest BCUT2D eigenvalue weighted by molar-refractivity contribution is 0.0664. The first-order valence-corrected chi connectivity index (χ1v) is 10.4. The maximum Gasteiger partial charge on any atom is 0.254 e. The number of piperazine rings is 1. The molecule has 5 rings (SSSR count). The fourth-order valence-electron chi connectivity index (χ4n) is 3.80. The van der Waals surface area contributed by atoms with Gasteiger partial charge in [-0.15, -0.1) is 11.3 Å². The topological polar surface area (TPSA) is 36.4 Å². The lowest BCUT2D eigenvalue weighted by atomic mass is 10.0. The molecule has 1 fully saturated rings. The van der Waals surface area contributed by atoms with Crippen LogP contribution in [-0.4, -0.2) is 53.9 Å². The van der Waals surface area contributed by atoms with Gasteiger partial charge in [-0.05, 0) is 37.4 Å². The first-order chi connectivity index (χ1) is 13.7. The van der Waals surface area contributed by atoms with Gasteiger partial charge in [0.15, 0.2) is 0 Å². The summed E-state index contributed by atoms with van der Waals surface area (Å²) in [6.45, 7) is 3.40. The molecule has 0 radical (unpaired) electrons. The number of benzene rings is 2. The summed E-state index contributed by atoms with van der Waals surface area (Å²) in [5.41, 5.74) is 2.60. The monoisotopic (exact) mass is 387 g/mol. The van der Waals surface area contributed by atoms with Crippen LogP contribution in [0.3, 0.4) is 0 Å². The van der Waals surface area contributed by atoms with Crippen molar-refractivity contribution in [2.45, 2.75) is 0 Å². The minimum atomic E-state index is 0.0961. The molecule has 0 saturated carbocycles. The number of aromatic nitrogens is 1. The normalized spacial score (nSPS) is 15.4. The number of nitrogens with zero attached hydrogens (tertiary/aromatic N) is 3. The van der Waals surface area contributed by atoms with Crippen LogP contribution in [-0.2, 0) is 0 Å². The molecule has 0 unspecified atom stereocenters. The summed E-state index contributed by atoms with van der Waals surface area (Å²) in [7, 11) is 2.09. The highest BCUT2D eigenvalue weighted by Gasteiger charge is 2.20. The fourth-order valence-corrected chi connectivity index (χ4v) is 4.89. The molecule has 2 aromatic carbocycles. The Hall–Kier alpha value is -2.76. The molecule has 0 spiro atoms. The van der Waals surface area contributed by atoms with E-state index in [9.17, 15) is 4.79 Å². The first kappa shape index (κ1) is 17.3. The number of pyridine rings is 1. The highest BCUT2D eigenvalue weighted by atomic mass is 32.1. The molecule has 4 nitrogen and oxygen atoms in total. The van der Waals surface area contributed by atoms with Crippen LogP contribution in [0.15, 0.2) is 60.8 Å². The zero-order valence-electron chi connectivity index (χ0n) is 15.8. The number of hydrogen-bond acceptors (Lipinski definition) is 4. The predicted molar refractivity (Wildman–Crippen MR) is 116 cm³/mol. The van der Waals surface area contributed by atoms with Gasteiger partial charge in [0.1, 0.15) is 0 Å². The smallest absolute Gasteiger partial charge is 0.254 e. The Morgan fingerprint density at radius 3 is 2.57 bits per heavy atom. The summed E-state index contributed by atoms with van der Waals surface area (Å²) < 4.78 is 2.57. The summed E-state index contributed by atoms with van der Waals surface area (Å²) in [6, 6.07) is 18.7. The van der Waals surface area contributed by atoms with Gasteiger partial charge in [0.05, 0.1) is 5.69 Å². The van der Waals surface area contributed by atoms with Crippen molar-refractivity contribution in [3.05, 3.63) is 66.4 Å². The second-order valence-electron chi connectivity index (χ2n) is 7.33. The SMILES string of the molecule is CN1CCN(C(=O)c2ccnc(-c3ccc4sc5ccccc5c4c3)c2)CC1. The molecule has 28 heavy (non-hydrogen) atoms. The Bertz CT molecular complexity index is 1170. The summed E-state index contributed by atoms with van der Waals surface area (Å²) in [6.07, 6.45) is 1.74. The van der Waals surface area contributed by atoms with Crippen molar-refractivity contribution in [1.82, 2.24) is 14.8 Å². The predicted octanol–water partition coefficient (Wildman–Crippen LogP) is 4.50. The van der Waals surface area contributed by atoms with E-state index in [1.165, 1.54) is 20.2 Å². The van der Waals surface area contributed by atoms with Crippen molar-refractivity contribution in [3.8, 4) is 11.3 Å². The summed E-state index contributed by atoms with van der Waals surface area (Å²) in [4.78, 5) is 21.7. The van der Waals surface area contributed by atoms with Crippen LogP contribution in [0.1, 0.15) is 10.4 Å². The van der Waals surface area contributed by atoms with E-state index in [0.29, 0.717) is 5.56 Å². The van der Waals surface area contributed by atoms with E-state index in [4.69, 9.17) is 0 Å². The van der Waals surface area contributed by atoms with Gasteiger partial charge in [0.2, 0.25) is 0 Å². The maximum atomic E-state index is 12.9. The van der Waals surface area contributed by atoms with Crippen molar-refractivity contribution in [3.63, 3.8) is 0 Å². The largest absolute Gasteiger partial charge is 0.336 e. The zero-order valence-corrected chi connectivity index (χ0v) is 16.6. The molecule has 3 heterocycles. The molecule has 0 bridgehead atoms. The van der Waals surface area contributed by atoms with Gasteiger partial charge in [-0.2, -0.15) is 0 Å². The van der Waals surface area contributed by atoms with Crippen LogP contribution in [0, 0.1) is 0 Å². The molecular formula is C23H21N3OS. The molecular weight excluding hydrogens is 366 g/mol. The van der Waals surface area contributed by atoms with E-state index >= 15 is 0 Å². The van der Waals surface area contributed by atoms with E-state index in [1.807, 2.05) is 28.4 Å². The number of hydrogen-bond donors (Lipinski definition) is 0. The van der Waals surface area contributed by atoms with Gasteiger partial charge in [0, 0.05) is 63.7 Å². The third-order valence-electron chi connectivity index (χ3n) is 5.47. The van der Waals surface area contributed by atoms with Gasteiger partial charge < -0.3 is 9.80 Å². The van der Waals surface area contributed by atoms with Gasteiger partial charge in [-0.1, -0.05) is 24.3 Å². The number of amides is 1. The quantitative estimate of drug-likeness (QED) is 0.508. The third kappa shape index (κ3) is 3.07. The minimum Gasteiger partial charge on any atom is -0.336 e. The van der Waals surface area contributed by atoms with Gasteiger partial charge in [0.25, 0.3) is 5.91 Å².